The maximum Gasteiger partial charge on any atom is 0.243 e. The highest BCUT2D eigenvalue weighted by Crippen LogP contribution is 2.56. The van der Waals surface area contributed by atoms with Crippen LogP contribution in [0.2, 0.25) is 0 Å². The summed E-state index contributed by atoms with van der Waals surface area (Å²) in [4.78, 5) is 23.1. The van der Waals surface area contributed by atoms with Crippen LogP contribution in [0.25, 0.3) is 10.9 Å². The van der Waals surface area contributed by atoms with Crippen molar-refractivity contribution in [2.24, 2.45) is 5.92 Å². The number of likely N-dealkylation sites (tertiary alicyclic amines) is 1. The van der Waals surface area contributed by atoms with Gasteiger partial charge in [0.2, 0.25) is 5.91 Å². The number of fused-ring (bicyclic) bond motifs is 1. The fraction of sp³-hybridized carbons (Fsp3) is 0.385. The number of carbonyl (C=O) groups excluding carboxylic acids is 1. The van der Waals surface area contributed by atoms with Crippen LogP contribution in [-0.4, -0.2) is 45.9 Å². The number of pyridine rings is 1. The molecule has 4 nitrogen and oxygen atoms in total. The van der Waals surface area contributed by atoms with Crippen LogP contribution < -0.4 is 0 Å². The Labute approximate surface area is 177 Å². The molecule has 3 atom stereocenters. The SMILES string of the molecule is O=C1N(CCc2ccccc2)C[C@@H]2C[C@@H](c3cccc4cccnc34)N3CCC[C@@]123. The molecule has 0 N–H and O–H groups in total. The van der Waals surface area contributed by atoms with Gasteiger partial charge in [-0.3, -0.25) is 14.7 Å². The minimum Gasteiger partial charge on any atom is -0.340 e. The molecule has 2 aromatic carbocycles. The molecule has 6 rings (SSSR count). The molecule has 0 saturated carbocycles. The average molecular weight is 398 g/mol. The van der Waals surface area contributed by atoms with Crippen molar-refractivity contribution in [1.29, 1.82) is 0 Å². The molecule has 0 radical (unpaired) electrons. The molecule has 152 valence electrons. The summed E-state index contributed by atoms with van der Waals surface area (Å²) in [6.07, 6.45) is 6.00. The second kappa shape index (κ2) is 6.92. The van der Waals surface area contributed by atoms with Crippen molar-refractivity contribution in [3.63, 3.8) is 0 Å². The van der Waals surface area contributed by atoms with Gasteiger partial charge in [-0.25, -0.2) is 0 Å². The van der Waals surface area contributed by atoms with Crippen LogP contribution >= 0.6 is 0 Å². The topological polar surface area (TPSA) is 36.4 Å². The van der Waals surface area contributed by atoms with Crippen LogP contribution in [0, 0.1) is 5.92 Å². The van der Waals surface area contributed by atoms with Gasteiger partial charge in [-0.1, -0.05) is 54.6 Å². The zero-order valence-corrected chi connectivity index (χ0v) is 17.2. The van der Waals surface area contributed by atoms with E-state index >= 15 is 0 Å². The fourth-order valence-electron chi connectivity index (χ4n) is 6.37. The highest BCUT2D eigenvalue weighted by atomic mass is 16.2. The molecule has 3 aliphatic heterocycles. The minimum atomic E-state index is -0.279. The van der Waals surface area contributed by atoms with Gasteiger partial charge in [-0.2, -0.15) is 0 Å². The molecule has 3 aromatic rings. The molecule has 0 bridgehead atoms. The fourth-order valence-corrected chi connectivity index (χ4v) is 6.37. The summed E-state index contributed by atoms with van der Waals surface area (Å²) in [7, 11) is 0. The Morgan fingerprint density at radius 2 is 1.90 bits per heavy atom. The highest BCUT2D eigenvalue weighted by molar-refractivity contribution is 5.91. The first-order valence-corrected chi connectivity index (χ1v) is 11.2. The van der Waals surface area contributed by atoms with Crippen LogP contribution in [0.15, 0.2) is 66.9 Å². The van der Waals surface area contributed by atoms with Crippen molar-refractivity contribution in [3.05, 3.63) is 78.0 Å². The van der Waals surface area contributed by atoms with E-state index in [4.69, 9.17) is 4.98 Å². The van der Waals surface area contributed by atoms with Crippen molar-refractivity contribution in [2.75, 3.05) is 19.6 Å². The zero-order chi connectivity index (χ0) is 20.1. The summed E-state index contributed by atoms with van der Waals surface area (Å²) in [5, 5.41) is 1.19. The Balaban J connectivity index is 1.29. The molecule has 0 unspecified atom stereocenters. The Bertz CT molecular complexity index is 1090. The predicted octanol–water partition coefficient (Wildman–Crippen LogP) is 4.22. The molecule has 4 heteroatoms. The lowest BCUT2D eigenvalue weighted by molar-refractivity contribution is -0.136. The first kappa shape index (κ1) is 18.1. The molecule has 4 heterocycles. The lowest BCUT2D eigenvalue weighted by atomic mass is 9.85. The van der Waals surface area contributed by atoms with Crippen LogP contribution in [-0.2, 0) is 11.2 Å². The van der Waals surface area contributed by atoms with Gasteiger partial charge < -0.3 is 4.90 Å². The van der Waals surface area contributed by atoms with Gasteiger partial charge in [0.05, 0.1) is 5.52 Å². The van der Waals surface area contributed by atoms with E-state index in [2.05, 4.69) is 58.3 Å². The van der Waals surface area contributed by atoms with E-state index in [1.165, 1.54) is 16.5 Å². The largest absolute Gasteiger partial charge is 0.340 e. The molecule has 30 heavy (non-hydrogen) atoms. The lowest BCUT2D eigenvalue weighted by Gasteiger charge is -2.34. The first-order chi connectivity index (χ1) is 14.8. The molecular weight excluding hydrogens is 370 g/mol. The van der Waals surface area contributed by atoms with Gasteiger partial charge in [0, 0.05) is 36.6 Å². The van der Waals surface area contributed by atoms with E-state index < -0.39 is 0 Å². The van der Waals surface area contributed by atoms with Gasteiger partial charge in [0.15, 0.2) is 0 Å². The number of hydrogen-bond acceptors (Lipinski definition) is 3. The van der Waals surface area contributed by atoms with E-state index in [1.807, 2.05) is 18.3 Å². The van der Waals surface area contributed by atoms with E-state index in [0.717, 1.165) is 50.8 Å². The summed E-state index contributed by atoms with van der Waals surface area (Å²) >= 11 is 0. The van der Waals surface area contributed by atoms with Crippen LogP contribution in [0.1, 0.15) is 36.4 Å². The van der Waals surface area contributed by atoms with Crippen molar-refractivity contribution in [1.82, 2.24) is 14.8 Å². The van der Waals surface area contributed by atoms with Crippen LogP contribution in [0.4, 0.5) is 0 Å². The van der Waals surface area contributed by atoms with E-state index in [1.54, 1.807) is 0 Å². The van der Waals surface area contributed by atoms with Gasteiger partial charge in [0.25, 0.3) is 0 Å². The van der Waals surface area contributed by atoms with E-state index in [0.29, 0.717) is 17.9 Å². The van der Waals surface area contributed by atoms with Crippen molar-refractivity contribution in [3.8, 4) is 0 Å². The number of carbonyl (C=O) groups is 1. The summed E-state index contributed by atoms with van der Waals surface area (Å²) in [5.41, 5.74) is 3.42. The van der Waals surface area contributed by atoms with Gasteiger partial charge in [-0.05, 0) is 49.4 Å². The van der Waals surface area contributed by atoms with Gasteiger partial charge in [-0.15, -0.1) is 0 Å². The molecule has 3 fully saturated rings. The monoisotopic (exact) mass is 397 g/mol. The normalized spacial score (nSPS) is 28.3. The molecule has 1 amide bonds. The second-order valence-electron chi connectivity index (χ2n) is 9.08. The smallest absolute Gasteiger partial charge is 0.243 e. The van der Waals surface area contributed by atoms with Crippen molar-refractivity contribution < 1.29 is 4.79 Å². The number of amides is 1. The average Bonchev–Trinajstić information content (AvgIpc) is 3.43. The number of para-hydroxylation sites is 1. The standard InChI is InChI=1S/C26H27N3O/c30-25-26-13-6-15-29(26)23(22-11-4-9-20-10-5-14-27-24(20)22)17-21(26)18-28(25)16-12-19-7-2-1-3-8-19/h1-5,7-11,14,21,23H,6,12-13,15-18H2/t21-,23-,26-/m0/s1. The quantitative estimate of drug-likeness (QED) is 0.662. The second-order valence-corrected chi connectivity index (χ2v) is 9.08. The number of benzene rings is 2. The summed E-state index contributed by atoms with van der Waals surface area (Å²) < 4.78 is 0. The highest BCUT2D eigenvalue weighted by Gasteiger charge is 2.65. The lowest BCUT2D eigenvalue weighted by Crippen LogP contribution is -2.49. The third kappa shape index (κ3) is 2.56. The first-order valence-electron chi connectivity index (χ1n) is 11.2. The van der Waals surface area contributed by atoms with Gasteiger partial charge in [0.1, 0.15) is 5.54 Å². The molecule has 1 spiro atoms. The van der Waals surface area contributed by atoms with Crippen molar-refractivity contribution in [2.45, 2.75) is 37.3 Å². The van der Waals surface area contributed by atoms with E-state index in [-0.39, 0.29) is 5.54 Å². The molecular formula is C26H27N3O. The number of nitrogens with zero attached hydrogens (tertiary/aromatic N) is 3. The maximum absolute atomic E-state index is 13.7. The minimum absolute atomic E-state index is 0.279. The van der Waals surface area contributed by atoms with Crippen molar-refractivity contribution >= 4 is 16.8 Å². The molecule has 3 saturated heterocycles. The molecule has 1 aromatic heterocycles. The maximum atomic E-state index is 13.7. The van der Waals surface area contributed by atoms with Gasteiger partial charge >= 0.3 is 0 Å². The Kier molecular flexibility index (Phi) is 4.17. The Morgan fingerprint density at radius 3 is 2.80 bits per heavy atom. The molecule has 3 aliphatic rings. The van der Waals surface area contributed by atoms with E-state index in [9.17, 15) is 4.79 Å². The Morgan fingerprint density at radius 1 is 1.03 bits per heavy atom. The Hall–Kier alpha value is -2.72. The summed E-state index contributed by atoms with van der Waals surface area (Å²) in [6, 6.07) is 21.5. The predicted molar refractivity (Wildman–Crippen MR) is 118 cm³/mol. The third-order valence-electron chi connectivity index (χ3n) is 7.66. The third-order valence-corrected chi connectivity index (χ3v) is 7.66. The summed E-state index contributed by atoms with van der Waals surface area (Å²) in [6.45, 7) is 2.74. The number of rotatable bonds is 4. The summed E-state index contributed by atoms with van der Waals surface area (Å²) in [5.74, 6) is 0.795. The molecule has 0 aliphatic carbocycles. The number of aromatic nitrogens is 1. The number of hydrogen-bond donors (Lipinski definition) is 0. The zero-order valence-electron chi connectivity index (χ0n) is 17.2. The van der Waals surface area contributed by atoms with Crippen LogP contribution in [0.3, 0.4) is 0 Å². The van der Waals surface area contributed by atoms with Crippen LogP contribution in [0.5, 0.6) is 0 Å².